The molecule has 0 saturated carbocycles. The number of carbonyl (C=O) groups excluding carboxylic acids is 1. The van der Waals surface area contributed by atoms with Gasteiger partial charge < -0.3 is 20.4 Å². The Morgan fingerprint density at radius 1 is 1.13 bits per heavy atom. The SMILES string of the molecule is O=C(O)C(F)(F)F.O=C(O)CCSSCCNC(=O)c1ccnc(N2CCCC2)n1. The Labute approximate surface area is 178 Å². The lowest BCUT2D eigenvalue weighted by molar-refractivity contribution is -0.192. The molecule has 9 nitrogen and oxygen atoms in total. The second-order valence-corrected chi connectivity index (χ2v) is 8.48. The Bertz CT molecular complexity index is 718. The van der Waals surface area contributed by atoms with Crippen LogP contribution < -0.4 is 10.2 Å². The van der Waals surface area contributed by atoms with Crippen molar-refractivity contribution in [3.8, 4) is 0 Å². The van der Waals surface area contributed by atoms with Crippen LogP contribution in [-0.4, -0.2) is 75.3 Å². The number of hydrogen-bond acceptors (Lipinski definition) is 8. The maximum Gasteiger partial charge on any atom is 0.490 e. The number of aromatic nitrogens is 2. The van der Waals surface area contributed by atoms with Gasteiger partial charge >= 0.3 is 18.1 Å². The smallest absolute Gasteiger partial charge is 0.481 e. The third-order valence-corrected chi connectivity index (χ3v) is 5.87. The highest BCUT2D eigenvalue weighted by molar-refractivity contribution is 8.76. The van der Waals surface area contributed by atoms with E-state index in [1.165, 1.54) is 10.8 Å². The van der Waals surface area contributed by atoms with Gasteiger partial charge in [0.05, 0.1) is 6.42 Å². The molecule has 14 heteroatoms. The first kappa shape index (κ1) is 25.8. The number of carboxylic acids is 2. The van der Waals surface area contributed by atoms with Crippen LogP contribution in [0, 0.1) is 0 Å². The molecule has 30 heavy (non-hydrogen) atoms. The fourth-order valence-electron chi connectivity index (χ4n) is 2.09. The number of nitrogens with one attached hydrogen (secondary N) is 1. The third-order valence-electron chi connectivity index (χ3n) is 3.46. The lowest BCUT2D eigenvalue weighted by Gasteiger charge is -2.15. The van der Waals surface area contributed by atoms with Crippen LogP contribution in [0.15, 0.2) is 12.3 Å². The number of amides is 1. The van der Waals surface area contributed by atoms with Crippen molar-refractivity contribution in [1.29, 1.82) is 0 Å². The Morgan fingerprint density at radius 3 is 2.30 bits per heavy atom. The highest BCUT2D eigenvalue weighted by atomic mass is 33.1. The summed E-state index contributed by atoms with van der Waals surface area (Å²) < 4.78 is 31.7. The number of carbonyl (C=O) groups is 3. The van der Waals surface area contributed by atoms with Crippen molar-refractivity contribution in [2.45, 2.75) is 25.4 Å². The van der Waals surface area contributed by atoms with Gasteiger partial charge in [-0.1, -0.05) is 21.6 Å². The molecule has 1 aliphatic rings. The minimum atomic E-state index is -5.08. The normalized spacial score (nSPS) is 13.4. The van der Waals surface area contributed by atoms with Crippen molar-refractivity contribution < 1.29 is 37.8 Å². The number of anilines is 1. The minimum Gasteiger partial charge on any atom is -0.481 e. The van der Waals surface area contributed by atoms with Crippen molar-refractivity contribution in [3.05, 3.63) is 18.0 Å². The number of hydrogen-bond donors (Lipinski definition) is 3. The van der Waals surface area contributed by atoms with Crippen LogP contribution in [0.4, 0.5) is 19.1 Å². The summed E-state index contributed by atoms with van der Waals surface area (Å²) in [5.41, 5.74) is 0.380. The second kappa shape index (κ2) is 13.2. The molecule has 0 atom stereocenters. The molecule has 0 aliphatic carbocycles. The van der Waals surface area contributed by atoms with Crippen LogP contribution in [0.25, 0.3) is 0 Å². The zero-order valence-electron chi connectivity index (χ0n) is 15.7. The van der Waals surface area contributed by atoms with Crippen LogP contribution in [0.5, 0.6) is 0 Å². The molecule has 168 valence electrons. The number of halogens is 3. The van der Waals surface area contributed by atoms with E-state index in [-0.39, 0.29) is 12.3 Å². The van der Waals surface area contributed by atoms with Crippen molar-refractivity contribution in [2.24, 2.45) is 0 Å². The molecule has 1 aliphatic heterocycles. The molecule has 2 rings (SSSR count). The van der Waals surface area contributed by atoms with Crippen molar-refractivity contribution in [3.63, 3.8) is 0 Å². The molecule has 2 heterocycles. The molecule has 1 aromatic heterocycles. The van der Waals surface area contributed by atoms with E-state index in [4.69, 9.17) is 15.0 Å². The molecule has 0 aromatic carbocycles. The molecule has 0 radical (unpaired) electrons. The summed E-state index contributed by atoms with van der Waals surface area (Å²) in [5, 5.41) is 18.5. The molecule has 0 bridgehead atoms. The van der Waals surface area contributed by atoms with Gasteiger partial charge in [-0.05, 0) is 18.9 Å². The summed E-state index contributed by atoms with van der Waals surface area (Å²) in [6.45, 7) is 2.40. The first-order chi connectivity index (χ1) is 14.1. The predicted octanol–water partition coefficient (Wildman–Crippen LogP) is 2.30. The summed E-state index contributed by atoms with van der Waals surface area (Å²) in [6, 6.07) is 1.61. The van der Waals surface area contributed by atoms with Crippen LogP contribution in [-0.2, 0) is 9.59 Å². The van der Waals surface area contributed by atoms with E-state index in [0.29, 0.717) is 23.9 Å². The van der Waals surface area contributed by atoms with Gasteiger partial charge in [-0.25, -0.2) is 14.8 Å². The molecular formula is C16H21F3N4O5S2. The van der Waals surface area contributed by atoms with E-state index in [9.17, 15) is 22.8 Å². The third kappa shape index (κ3) is 10.5. The summed E-state index contributed by atoms with van der Waals surface area (Å²) in [5.74, 6) is -1.84. The molecular weight excluding hydrogens is 449 g/mol. The maximum absolute atomic E-state index is 12.1. The van der Waals surface area contributed by atoms with Gasteiger partial charge in [0.25, 0.3) is 5.91 Å². The van der Waals surface area contributed by atoms with E-state index >= 15 is 0 Å². The van der Waals surface area contributed by atoms with Gasteiger partial charge in [0, 0.05) is 37.3 Å². The van der Waals surface area contributed by atoms with Gasteiger partial charge in [-0.2, -0.15) is 13.2 Å². The number of nitrogens with zero attached hydrogens (tertiary/aromatic N) is 3. The van der Waals surface area contributed by atoms with Gasteiger partial charge in [-0.3, -0.25) is 9.59 Å². The van der Waals surface area contributed by atoms with Gasteiger partial charge in [-0.15, -0.1) is 0 Å². The number of alkyl halides is 3. The van der Waals surface area contributed by atoms with Crippen LogP contribution in [0.3, 0.4) is 0 Å². The average molecular weight is 470 g/mol. The Kier molecular flexibility index (Phi) is 11.3. The average Bonchev–Trinajstić information content (AvgIpc) is 3.21. The van der Waals surface area contributed by atoms with E-state index < -0.39 is 18.1 Å². The highest BCUT2D eigenvalue weighted by Crippen LogP contribution is 2.21. The standard InChI is InChI=1S/C14H20N4O3S2.C2HF3O2/c19-12(20)4-9-22-23-10-6-15-13(21)11-3-5-16-14(17-11)18-7-1-2-8-18;3-2(4,5)1(6)7/h3,5H,1-2,4,6-10H2,(H,15,21)(H,19,20);(H,6,7). The Hall–Kier alpha value is -2.22. The fourth-order valence-corrected chi connectivity index (χ4v) is 3.97. The second-order valence-electron chi connectivity index (χ2n) is 5.78. The number of carboxylic acid groups (broad SMARTS) is 2. The fraction of sp³-hybridized carbons (Fsp3) is 0.562. The highest BCUT2D eigenvalue weighted by Gasteiger charge is 2.38. The van der Waals surface area contributed by atoms with Crippen molar-refractivity contribution >= 4 is 45.4 Å². The minimum absolute atomic E-state index is 0.157. The first-order valence-electron chi connectivity index (χ1n) is 8.73. The largest absolute Gasteiger partial charge is 0.490 e. The maximum atomic E-state index is 12.1. The summed E-state index contributed by atoms with van der Waals surface area (Å²) in [6.07, 6.45) is -1.04. The first-order valence-corrected chi connectivity index (χ1v) is 11.2. The molecule has 1 fully saturated rings. The Morgan fingerprint density at radius 2 is 1.73 bits per heavy atom. The zero-order valence-corrected chi connectivity index (χ0v) is 17.4. The molecule has 1 saturated heterocycles. The summed E-state index contributed by atoms with van der Waals surface area (Å²) in [7, 11) is 3.05. The predicted molar refractivity (Wildman–Crippen MR) is 107 cm³/mol. The van der Waals surface area contributed by atoms with Crippen LogP contribution in [0.1, 0.15) is 29.8 Å². The zero-order chi connectivity index (χ0) is 22.6. The molecule has 1 amide bonds. The van der Waals surface area contributed by atoms with Gasteiger partial charge in [0.2, 0.25) is 5.95 Å². The van der Waals surface area contributed by atoms with E-state index in [2.05, 4.69) is 20.2 Å². The van der Waals surface area contributed by atoms with Gasteiger partial charge in [0.15, 0.2) is 0 Å². The lowest BCUT2D eigenvalue weighted by atomic mass is 10.4. The number of rotatable bonds is 9. The van der Waals surface area contributed by atoms with Crippen LogP contribution in [0.2, 0.25) is 0 Å². The Balaban J connectivity index is 0.000000553. The van der Waals surface area contributed by atoms with E-state index in [1.807, 2.05) is 0 Å². The summed E-state index contributed by atoms with van der Waals surface area (Å²) in [4.78, 5) is 42.0. The number of aliphatic carboxylic acids is 2. The van der Waals surface area contributed by atoms with E-state index in [0.717, 1.165) is 31.7 Å². The van der Waals surface area contributed by atoms with E-state index in [1.54, 1.807) is 23.1 Å². The topological polar surface area (TPSA) is 133 Å². The monoisotopic (exact) mass is 470 g/mol. The molecule has 1 aromatic rings. The molecule has 0 unspecified atom stereocenters. The quantitative estimate of drug-likeness (QED) is 0.365. The summed E-state index contributed by atoms with van der Waals surface area (Å²) >= 11 is 0. The van der Waals surface area contributed by atoms with Crippen molar-refractivity contribution in [2.75, 3.05) is 36.0 Å². The van der Waals surface area contributed by atoms with Crippen molar-refractivity contribution in [1.82, 2.24) is 15.3 Å². The van der Waals surface area contributed by atoms with Crippen LogP contribution >= 0.6 is 21.6 Å². The molecule has 0 spiro atoms. The molecule has 3 N–H and O–H groups in total. The lowest BCUT2D eigenvalue weighted by Crippen LogP contribution is -2.28. The van der Waals surface area contributed by atoms with Gasteiger partial charge in [0.1, 0.15) is 5.69 Å².